The summed E-state index contributed by atoms with van der Waals surface area (Å²) in [5.74, 6) is 0.958. The van der Waals surface area contributed by atoms with Gasteiger partial charge in [0.2, 0.25) is 0 Å². The zero-order chi connectivity index (χ0) is 21.2. The number of aromatic amines is 1. The number of hydrogen-bond donors (Lipinski definition) is 1. The standard InChI is InChI=1S/C22H24N8O/c1-16-13-19-21(26-16)22(25-15-24-19)29-10-7-28(8-11-29)9-12-30-20(31)5-4-18(27-30)17-3-2-6-23-14-17/h2-6,13-15,26H,7-12H2,1H3. The summed E-state index contributed by atoms with van der Waals surface area (Å²) in [6.45, 7) is 6.93. The Morgan fingerprint density at radius 1 is 1.06 bits per heavy atom. The molecule has 0 unspecified atom stereocenters. The van der Waals surface area contributed by atoms with Gasteiger partial charge in [0, 0.05) is 62.4 Å². The van der Waals surface area contributed by atoms with E-state index in [2.05, 4.69) is 34.8 Å². The SMILES string of the molecule is Cc1cc2ncnc(N3CCN(CCn4nc(-c5cccnc5)ccc4=O)CC3)c2[nH]1. The Labute approximate surface area is 179 Å². The minimum atomic E-state index is -0.0863. The monoisotopic (exact) mass is 416 g/mol. The molecule has 0 aliphatic carbocycles. The number of aromatic nitrogens is 6. The quantitative estimate of drug-likeness (QED) is 0.529. The molecule has 4 aromatic rings. The highest BCUT2D eigenvalue weighted by Crippen LogP contribution is 2.23. The van der Waals surface area contributed by atoms with Crippen LogP contribution in [0.25, 0.3) is 22.3 Å². The molecule has 5 heterocycles. The van der Waals surface area contributed by atoms with E-state index in [0.717, 1.165) is 66.5 Å². The van der Waals surface area contributed by atoms with Crippen molar-refractivity contribution in [2.75, 3.05) is 37.6 Å². The molecule has 1 saturated heterocycles. The summed E-state index contributed by atoms with van der Waals surface area (Å²) in [7, 11) is 0. The Hall–Kier alpha value is -3.59. The maximum Gasteiger partial charge on any atom is 0.266 e. The van der Waals surface area contributed by atoms with Crippen LogP contribution in [0.1, 0.15) is 5.69 Å². The number of fused-ring (bicyclic) bond motifs is 1. The third kappa shape index (κ3) is 4.04. The maximum atomic E-state index is 12.3. The topological polar surface area (TPSA) is 95.8 Å². The average molecular weight is 416 g/mol. The molecule has 5 rings (SSSR count). The van der Waals surface area contributed by atoms with Gasteiger partial charge in [-0.3, -0.25) is 14.7 Å². The molecule has 1 aliphatic heterocycles. The summed E-state index contributed by atoms with van der Waals surface area (Å²) in [6, 6.07) is 9.18. The number of pyridine rings is 1. The molecule has 4 aromatic heterocycles. The van der Waals surface area contributed by atoms with Gasteiger partial charge < -0.3 is 9.88 Å². The van der Waals surface area contributed by atoms with Crippen LogP contribution in [0.15, 0.2) is 53.8 Å². The van der Waals surface area contributed by atoms with Gasteiger partial charge in [0.1, 0.15) is 11.8 Å². The molecule has 158 valence electrons. The van der Waals surface area contributed by atoms with Gasteiger partial charge in [0.25, 0.3) is 5.56 Å². The first-order valence-electron chi connectivity index (χ1n) is 10.4. The minimum absolute atomic E-state index is 0.0863. The molecule has 0 aromatic carbocycles. The van der Waals surface area contributed by atoms with Crippen molar-refractivity contribution in [1.29, 1.82) is 0 Å². The lowest BCUT2D eigenvalue weighted by Gasteiger charge is -2.35. The van der Waals surface area contributed by atoms with Crippen LogP contribution in [-0.2, 0) is 6.54 Å². The number of rotatable bonds is 5. The van der Waals surface area contributed by atoms with E-state index in [0.29, 0.717) is 6.54 Å². The van der Waals surface area contributed by atoms with Gasteiger partial charge in [-0.1, -0.05) is 0 Å². The van der Waals surface area contributed by atoms with Crippen molar-refractivity contribution in [3.63, 3.8) is 0 Å². The van der Waals surface area contributed by atoms with E-state index in [-0.39, 0.29) is 5.56 Å². The van der Waals surface area contributed by atoms with Gasteiger partial charge >= 0.3 is 0 Å². The Balaban J connectivity index is 1.23. The normalized spacial score (nSPS) is 14.9. The van der Waals surface area contributed by atoms with Gasteiger partial charge in [-0.2, -0.15) is 5.10 Å². The molecular formula is C22H24N8O. The van der Waals surface area contributed by atoms with Crippen molar-refractivity contribution < 1.29 is 0 Å². The second-order valence-electron chi connectivity index (χ2n) is 7.76. The van der Waals surface area contributed by atoms with Gasteiger partial charge in [-0.25, -0.2) is 14.6 Å². The van der Waals surface area contributed by atoms with Crippen molar-refractivity contribution in [3.8, 4) is 11.3 Å². The number of H-pyrrole nitrogens is 1. The van der Waals surface area contributed by atoms with Crippen LogP contribution < -0.4 is 10.5 Å². The predicted molar refractivity (Wildman–Crippen MR) is 119 cm³/mol. The summed E-state index contributed by atoms with van der Waals surface area (Å²) < 4.78 is 1.55. The molecule has 0 radical (unpaired) electrons. The highest BCUT2D eigenvalue weighted by molar-refractivity contribution is 5.86. The number of anilines is 1. The van der Waals surface area contributed by atoms with Gasteiger partial charge in [0.15, 0.2) is 5.82 Å². The van der Waals surface area contributed by atoms with E-state index in [9.17, 15) is 4.79 Å². The first-order valence-corrected chi connectivity index (χ1v) is 10.4. The predicted octanol–water partition coefficient (Wildman–Crippen LogP) is 1.71. The summed E-state index contributed by atoms with van der Waals surface area (Å²) in [4.78, 5) is 33.3. The fourth-order valence-corrected chi connectivity index (χ4v) is 3.99. The zero-order valence-electron chi connectivity index (χ0n) is 17.4. The molecule has 0 saturated carbocycles. The smallest absolute Gasteiger partial charge is 0.266 e. The molecule has 31 heavy (non-hydrogen) atoms. The number of nitrogens with one attached hydrogen (secondary N) is 1. The molecule has 0 atom stereocenters. The molecule has 9 nitrogen and oxygen atoms in total. The van der Waals surface area contributed by atoms with Gasteiger partial charge in [-0.15, -0.1) is 0 Å². The lowest BCUT2D eigenvalue weighted by atomic mass is 10.2. The molecule has 0 amide bonds. The van der Waals surface area contributed by atoms with Crippen molar-refractivity contribution >= 4 is 16.9 Å². The lowest BCUT2D eigenvalue weighted by Crippen LogP contribution is -2.48. The Morgan fingerprint density at radius 2 is 1.94 bits per heavy atom. The van der Waals surface area contributed by atoms with Crippen LogP contribution in [0.5, 0.6) is 0 Å². The Morgan fingerprint density at radius 3 is 2.74 bits per heavy atom. The number of aryl methyl sites for hydroxylation is 1. The van der Waals surface area contributed by atoms with E-state index >= 15 is 0 Å². The largest absolute Gasteiger partial charge is 0.354 e. The van der Waals surface area contributed by atoms with Crippen LogP contribution in [0.4, 0.5) is 5.82 Å². The van der Waals surface area contributed by atoms with Crippen molar-refractivity contribution in [1.82, 2.24) is 34.6 Å². The van der Waals surface area contributed by atoms with Crippen molar-refractivity contribution in [3.05, 3.63) is 65.1 Å². The maximum absolute atomic E-state index is 12.3. The molecule has 1 fully saturated rings. The Bertz CT molecular complexity index is 1240. The van der Waals surface area contributed by atoms with Crippen LogP contribution in [0.3, 0.4) is 0 Å². The summed E-state index contributed by atoms with van der Waals surface area (Å²) in [5.41, 5.74) is 4.60. The second-order valence-corrected chi connectivity index (χ2v) is 7.76. The second kappa shape index (κ2) is 8.27. The highest BCUT2D eigenvalue weighted by Gasteiger charge is 2.20. The van der Waals surface area contributed by atoms with Crippen LogP contribution in [0.2, 0.25) is 0 Å². The lowest BCUT2D eigenvalue weighted by molar-refractivity contribution is 0.242. The fourth-order valence-electron chi connectivity index (χ4n) is 3.99. The average Bonchev–Trinajstić information content (AvgIpc) is 3.20. The summed E-state index contributed by atoms with van der Waals surface area (Å²) in [5, 5.41) is 4.53. The Kier molecular flexibility index (Phi) is 5.17. The molecule has 1 N–H and O–H groups in total. The summed E-state index contributed by atoms with van der Waals surface area (Å²) >= 11 is 0. The molecule has 1 aliphatic rings. The number of nitrogens with zero attached hydrogens (tertiary/aromatic N) is 7. The van der Waals surface area contributed by atoms with E-state index in [4.69, 9.17) is 0 Å². The first kappa shape index (κ1) is 19.4. The van der Waals surface area contributed by atoms with Crippen molar-refractivity contribution in [2.24, 2.45) is 0 Å². The molecule has 0 bridgehead atoms. The summed E-state index contributed by atoms with van der Waals surface area (Å²) in [6.07, 6.45) is 5.11. The highest BCUT2D eigenvalue weighted by atomic mass is 16.1. The van der Waals surface area contributed by atoms with E-state index in [1.165, 1.54) is 0 Å². The first-order chi connectivity index (χ1) is 15.2. The number of piperazine rings is 1. The van der Waals surface area contributed by atoms with E-state index in [1.54, 1.807) is 35.5 Å². The van der Waals surface area contributed by atoms with E-state index in [1.807, 2.05) is 25.1 Å². The van der Waals surface area contributed by atoms with Gasteiger partial charge in [-0.05, 0) is 31.2 Å². The molecule has 9 heteroatoms. The van der Waals surface area contributed by atoms with Crippen LogP contribution in [0, 0.1) is 6.92 Å². The third-order valence-electron chi connectivity index (χ3n) is 5.66. The van der Waals surface area contributed by atoms with Crippen LogP contribution >= 0.6 is 0 Å². The van der Waals surface area contributed by atoms with Gasteiger partial charge in [0.05, 0.1) is 17.8 Å². The number of hydrogen-bond acceptors (Lipinski definition) is 7. The fraction of sp³-hybridized carbons (Fsp3) is 0.318. The zero-order valence-corrected chi connectivity index (χ0v) is 17.4. The third-order valence-corrected chi connectivity index (χ3v) is 5.66. The molecular weight excluding hydrogens is 392 g/mol. The van der Waals surface area contributed by atoms with E-state index < -0.39 is 0 Å². The molecule has 0 spiro atoms. The van der Waals surface area contributed by atoms with Crippen LogP contribution in [-0.4, -0.2) is 67.3 Å². The minimum Gasteiger partial charge on any atom is -0.354 e. The van der Waals surface area contributed by atoms with Crippen molar-refractivity contribution in [2.45, 2.75) is 13.5 Å².